The zero-order valence-electron chi connectivity index (χ0n) is 15.5. The topological polar surface area (TPSA) is 67.9 Å². The van der Waals surface area contributed by atoms with Crippen LogP contribution in [-0.4, -0.2) is 43.1 Å². The summed E-state index contributed by atoms with van der Waals surface area (Å²) in [7, 11) is 1.59. The standard InChI is InChI=1S/C20H22N2O4S/c1-13(2)26-11-10-22-19(23)17(16-5-4-12-27-16)18(20(22)24)21-14-6-8-15(25-3)9-7-14/h4-9,12-13,21H,10-11H2,1-3H3. The summed E-state index contributed by atoms with van der Waals surface area (Å²) in [5.41, 5.74) is 1.40. The van der Waals surface area contributed by atoms with Gasteiger partial charge < -0.3 is 14.8 Å². The van der Waals surface area contributed by atoms with Crippen LogP contribution in [0, 0.1) is 0 Å². The van der Waals surface area contributed by atoms with E-state index in [0.717, 1.165) is 4.88 Å². The van der Waals surface area contributed by atoms with Crippen LogP contribution in [0.15, 0.2) is 47.5 Å². The molecule has 2 aromatic rings. The van der Waals surface area contributed by atoms with Gasteiger partial charge in [-0.1, -0.05) is 6.07 Å². The van der Waals surface area contributed by atoms with Gasteiger partial charge in [-0.05, 0) is 49.6 Å². The number of benzene rings is 1. The number of methoxy groups -OCH3 is 1. The van der Waals surface area contributed by atoms with Gasteiger partial charge in [-0.25, -0.2) is 0 Å². The Balaban J connectivity index is 1.88. The highest BCUT2D eigenvalue weighted by Crippen LogP contribution is 2.33. The van der Waals surface area contributed by atoms with Crippen molar-refractivity contribution in [3.05, 3.63) is 52.4 Å². The van der Waals surface area contributed by atoms with E-state index >= 15 is 0 Å². The number of ether oxygens (including phenoxy) is 2. The highest BCUT2D eigenvalue weighted by atomic mass is 32.1. The van der Waals surface area contributed by atoms with Crippen LogP contribution in [-0.2, 0) is 14.3 Å². The number of carbonyl (C=O) groups excluding carboxylic acids is 2. The fourth-order valence-corrected chi connectivity index (χ4v) is 3.51. The number of hydrogen-bond acceptors (Lipinski definition) is 6. The van der Waals surface area contributed by atoms with Gasteiger partial charge in [-0.2, -0.15) is 0 Å². The molecule has 27 heavy (non-hydrogen) atoms. The Labute approximate surface area is 162 Å². The number of nitrogens with zero attached hydrogens (tertiary/aromatic N) is 1. The monoisotopic (exact) mass is 386 g/mol. The van der Waals surface area contributed by atoms with E-state index in [4.69, 9.17) is 9.47 Å². The van der Waals surface area contributed by atoms with Crippen molar-refractivity contribution < 1.29 is 19.1 Å². The van der Waals surface area contributed by atoms with Crippen molar-refractivity contribution in [2.24, 2.45) is 0 Å². The fourth-order valence-electron chi connectivity index (χ4n) is 2.74. The summed E-state index contributed by atoms with van der Waals surface area (Å²) in [5.74, 6) is 0.0756. The predicted octanol–water partition coefficient (Wildman–Crippen LogP) is 3.37. The van der Waals surface area contributed by atoms with Crippen molar-refractivity contribution in [1.29, 1.82) is 0 Å². The summed E-state index contributed by atoms with van der Waals surface area (Å²) in [6.07, 6.45) is 0.0411. The number of hydrogen-bond donors (Lipinski definition) is 1. The minimum Gasteiger partial charge on any atom is -0.497 e. The average molecular weight is 386 g/mol. The lowest BCUT2D eigenvalue weighted by molar-refractivity contribution is -0.137. The van der Waals surface area contributed by atoms with Gasteiger partial charge in [-0.3, -0.25) is 14.5 Å². The molecule has 0 fully saturated rings. The molecule has 0 bridgehead atoms. The van der Waals surface area contributed by atoms with Gasteiger partial charge >= 0.3 is 0 Å². The van der Waals surface area contributed by atoms with Crippen molar-refractivity contribution in [3.8, 4) is 5.75 Å². The lowest BCUT2D eigenvalue weighted by atomic mass is 10.2. The van der Waals surface area contributed by atoms with Gasteiger partial charge in [-0.15, -0.1) is 11.3 Å². The molecule has 1 N–H and O–H groups in total. The normalized spacial score (nSPS) is 14.4. The van der Waals surface area contributed by atoms with Crippen LogP contribution in [0.1, 0.15) is 18.7 Å². The third kappa shape index (κ3) is 4.20. The molecule has 0 spiro atoms. The molecule has 1 aliphatic heterocycles. The van der Waals surface area contributed by atoms with E-state index in [-0.39, 0.29) is 30.2 Å². The number of carbonyl (C=O) groups is 2. The molecule has 0 saturated heterocycles. The third-order valence-corrected chi connectivity index (χ3v) is 4.95. The number of imide groups is 1. The Kier molecular flexibility index (Phi) is 5.93. The van der Waals surface area contributed by atoms with Crippen LogP contribution in [0.25, 0.3) is 5.57 Å². The maximum Gasteiger partial charge on any atom is 0.278 e. The van der Waals surface area contributed by atoms with Gasteiger partial charge in [0, 0.05) is 10.6 Å². The summed E-state index contributed by atoms with van der Waals surface area (Å²) >= 11 is 1.43. The van der Waals surface area contributed by atoms with Crippen LogP contribution in [0.2, 0.25) is 0 Å². The zero-order chi connectivity index (χ0) is 19.4. The molecular weight excluding hydrogens is 364 g/mol. The number of rotatable bonds is 8. The molecule has 1 aromatic heterocycles. The van der Waals surface area contributed by atoms with Crippen molar-refractivity contribution in [1.82, 2.24) is 4.90 Å². The molecular formula is C20H22N2O4S. The van der Waals surface area contributed by atoms with E-state index in [9.17, 15) is 9.59 Å². The van der Waals surface area contributed by atoms with Crippen LogP contribution in [0.5, 0.6) is 5.75 Å². The Hall–Kier alpha value is -2.64. The lowest BCUT2D eigenvalue weighted by Crippen LogP contribution is -2.35. The summed E-state index contributed by atoms with van der Waals surface area (Å²) in [6, 6.07) is 10.9. The summed E-state index contributed by atoms with van der Waals surface area (Å²) < 4.78 is 10.7. The van der Waals surface area contributed by atoms with Crippen LogP contribution in [0.4, 0.5) is 5.69 Å². The quantitative estimate of drug-likeness (QED) is 0.705. The fraction of sp³-hybridized carbons (Fsp3) is 0.300. The SMILES string of the molecule is COc1ccc(NC2=C(c3cccs3)C(=O)N(CCOC(C)C)C2=O)cc1. The van der Waals surface area contributed by atoms with Gasteiger partial charge in [0.15, 0.2) is 0 Å². The zero-order valence-corrected chi connectivity index (χ0v) is 16.3. The van der Waals surface area contributed by atoms with E-state index in [1.807, 2.05) is 31.4 Å². The predicted molar refractivity (Wildman–Crippen MR) is 106 cm³/mol. The minimum absolute atomic E-state index is 0.0411. The molecule has 0 saturated carbocycles. The van der Waals surface area contributed by atoms with Crippen LogP contribution < -0.4 is 10.1 Å². The van der Waals surface area contributed by atoms with Gasteiger partial charge in [0.2, 0.25) is 0 Å². The molecule has 7 heteroatoms. The molecule has 6 nitrogen and oxygen atoms in total. The first-order valence-electron chi connectivity index (χ1n) is 8.68. The van der Waals surface area contributed by atoms with Crippen molar-refractivity contribution in [2.75, 3.05) is 25.6 Å². The molecule has 0 unspecified atom stereocenters. The maximum absolute atomic E-state index is 12.9. The number of nitrogens with one attached hydrogen (secondary N) is 1. The largest absolute Gasteiger partial charge is 0.497 e. The molecule has 2 amide bonds. The smallest absolute Gasteiger partial charge is 0.278 e. The maximum atomic E-state index is 12.9. The molecule has 0 radical (unpaired) electrons. The van der Waals surface area contributed by atoms with E-state index in [1.54, 1.807) is 31.4 Å². The summed E-state index contributed by atoms with van der Waals surface area (Å²) in [4.78, 5) is 27.9. The van der Waals surface area contributed by atoms with Crippen molar-refractivity contribution in [3.63, 3.8) is 0 Å². The first-order chi connectivity index (χ1) is 13.0. The lowest BCUT2D eigenvalue weighted by Gasteiger charge is -2.16. The highest BCUT2D eigenvalue weighted by Gasteiger charge is 2.39. The highest BCUT2D eigenvalue weighted by molar-refractivity contribution is 7.11. The first-order valence-corrected chi connectivity index (χ1v) is 9.56. The molecule has 1 aromatic carbocycles. The molecule has 142 valence electrons. The molecule has 0 atom stereocenters. The second-order valence-electron chi connectivity index (χ2n) is 6.26. The Morgan fingerprint density at radius 3 is 2.44 bits per heavy atom. The molecule has 0 aliphatic carbocycles. The average Bonchev–Trinajstić information content (AvgIpc) is 3.25. The Morgan fingerprint density at radius 2 is 1.85 bits per heavy atom. The number of anilines is 1. The molecule has 2 heterocycles. The summed E-state index contributed by atoms with van der Waals surface area (Å²) in [6.45, 7) is 4.36. The Morgan fingerprint density at radius 1 is 1.11 bits per heavy atom. The van der Waals surface area contributed by atoms with Gasteiger partial charge in [0.1, 0.15) is 11.4 Å². The van der Waals surface area contributed by atoms with E-state index < -0.39 is 0 Å². The van der Waals surface area contributed by atoms with Gasteiger partial charge in [0.25, 0.3) is 11.8 Å². The van der Waals surface area contributed by atoms with E-state index in [2.05, 4.69) is 5.32 Å². The second-order valence-corrected chi connectivity index (χ2v) is 7.21. The van der Waals surface area contributed by atoms with E-state index in [1.165, 1.54) is 16.2 Å². The van der Waals surface area contributed by atoms with Crippen molar-refractivity contribution >= 4 is 34.4 Å². The minimum atomic E-state index is -0.341. The summed E-state index contributed by atoms with van der Waals surface area (Å²) in [5, 5.41) is 5.00. The Bertz CT molecular complexity index is 841. The second kappa shape index (κ2) is 8.37. The molecule has 1 aliphatic rings. The third-order valence-electron chi connectivity index (χ3n) is 4.06. The van der Waals surface area contributed by atoms with Crippen LogP contribution >= 0.6 is 11.3 Å². The van der Waals surface area contributed by atoms with Crippen LogP contribution in [0.3, 0.4) is 0 Å². The van der Waals surface area contributed by atoms with E-state index in [0.29, 0.717) is 23.6 Å². The number of amides is 2. The van der Waals surface area contributed by atoms with Gasteiger partial charge in [0.05, 0.1) is 31.9 Å². The number of thiophene rings is 1. The molecule has 3 rings (SSSR count). The first kappa shape index (κ1) is 19.1. The van der Waals surface area contributed by atoms with Crippen molar-refractivity contribution in [2.45, 2.75) is 20.0 Å².